The van der Waals surface area contributed by atoms with Crippen molar-refractivity contribution in [3.8, 4) is 5.75 Å². The molecule has 3 heteroatoms. The Balaban J connectivity index is 1.98. The van der Waals surface area contributed by atoms with E-state index in [0.29, 0.717) is 12.6 Å². The van der Waals surface area contributed by atoms with E-state index in [0.717, 1.165) is 11.3 Å². The van der Waals surface area contributed by atoms with Crippen LogP contribution in [0.5, 0.6) is 5.75 Å². The minimum absolute atomic E-state index is 0.165. The average Bonchev–Trinajstić information content (AvgIpc) is 2.26. The molecule has 0 N–H and O–H groups in total. The summed E-state index contributed by atoms with van der Waals surface area (Å²) in [6.07, 6.45) is 3.74. The Hall–Kier alpha value is -1.35. The summed E-state index contributed by atoms with van der Waals surface area (Å²) < 4.78 is 5.12. The fraction of sp³-hybridized carbons (Fsp3) is 0.500. The van der Waals surface area contributed by atoms with Gasteiger partial charge in [0, 0.05) is 11.6 Å². The number of hydrogen-bond donors (Lipinski definition) is 0. The topological polar surface area (TPSA) is 29.5 Å². The van der Waals surface area contributed by atoms with Crippen LogP contribution in [0.4, 0.5) is 0 Å². The molecule has 1 aromatic rings. The third-order valence-corrected chi connectivity index (χ3v) is 3.48. The number of carbonyl (C=O) groups excluding carboxylic acids is 1. The lowest BCUT2D eigenvalue weighted by molar-refractivity contribution is 0.0870. The zero-order chi connectivity index (χ0) is 12.3. The van der Waals surface area contributed by atoms with Gasteiger partial charge in [0.2, 0.25) is 0 Å². The number of benzene rings is 1. The van der Waals surface area contributed by atoms with Gasteiger partial charge >= 0.3 is 0 Å². The van der Waals surface area contributed by atoms with E-state index in [4.69, 9.17) is 4.74 Å². The van der Waals surface area contributed by atoms with Crippen molar-refractivity contribution in [1.82, 2.24) is 4.90 Å². The van der Waals surface area contributed by atoms with Crippen LogP contribution >= 0.6 is 0 Å². The van der Waals surface area contributed by atoms with Crippen molar-refractivity contribution in [1.29, 1.82) is 0 Å². The second-order valence-corrected chi connectivity index (χ2v) is 4.65. The van der Waals surface area contributed by atoms with Crippen LogP contribution in [0.15, 0.2) is 24.3 Å². The third kappa shape index (κ3) is 2.86. The molecule has 0 saturated heterocycles. The van der Waals surface area contributed by atoms with Crippen LogP contribution in [-0.4, -0.2) is 37.4 Å². The summed E-state index contributed by atoms with van der Waals surface area (Å²) >= 11 is 0. The molecular weight excluding hydrogens is 214 g/mol. The first-order chi connectivity index (χ1) is 8.20. The highest BCUT2D eigenvalue weighted by atomic mass is 16.5. The zero-order valence-corrected chi connectivity index (χ0v) is 10.5. The first-order valence-corrected chi connectivity index (χ1v) is 6.08. The van der Waals surface area contributed by atoms with Crippen molar-refractivity contribution < 1.29 is 9.53 Å². The number of rotatable bonds is 5. The molecule has 17 heavy (non-hydrogen) atoms. The highest BCUT2D eigenvalue weighted by molar-refractivity contribution is 5.97. The Morgan fingerprint density at radius 2 is 2.24 bits per heavy atom. The van der Waals surface area contributed by atoms with Crippen molar-refractivity contribution in [2.75, 3.05) is 20.7 Å². The number of likely N-dealkylation sites (N-methyl/N-ethyl adjacent to an activating group) is 1. The minimum atomic E-state index is 0.165. The van der Waals surface area contributed by atoms with Gasteiger partial charge in [-0.2, -0.15) is 0 Å². The number of methoxy groups -OCH3 is 1. The smallest absolute Gasteiger partial charge is 0.176 e. The molecule has 1 aliphatic rings. The van der Waals surface area contributed by atoms with Crippen molar-refractivity contribution in [2.45, 2.75) is 25.3 Å². The maximum absolute atomic E-state index is 12.1. The summed E-state index contributed by atoms with van der Waals surface area (Å²) in [5.74, 6) is 0.903. The lowest BCUT2D eigenvalue weighted by Crippen LogP contribution is -2.40. The highest BCUT2D eigenvalue weighted by Crippen LogP contribution is 2.23. The monoisotopic (exact) mass is 233 g/mol. The summed E-state index contributed by atoms with van der Waals surface area (Å²) in [7, 11) is 3.64. The highest BCUT2D eigenvalue weighted by Gasteiger charge is 2.23. The lowest BCUT2D eigenvalue weighted by atomic mass is 9.91. The molecule has 0 unspecified atom stereocenters. The summed E-state index contributed by atoms with van der Waals surface area (Å²) in [6, 6.07) is 7.96. The second-order valence-electron chi connectivity index (χ2n) is 4.65. The van der Waals surface area contributed by atoms with E-state index in [1.807, 2.05) is 25.2 Å². The molecule has 2 rings (SSSR count). The first-order valence-electron chi connectivity index (χ1n) is 6.08. The van der Waals surface area contributed by atoms with Crippen LogP contribution in [0.1, 0.15) is 29.6 Å². The number of ether oxygens (including phenoxy) is 1. The Morgan fingerprint density at radius 1 is 1.47 bits per heavy atom. The van der Waals surface area contributed by atoms with Crippen LogP contribution in [0.2, 0.25) is 0 Å². The van der Waals surface area contributed by atoms with Crippen LogP contribution in [0, 0.1) is 0 Å². The predicted octanol–water partition coefficient (Wildman–Crippen LogP) is 2.36. The lowest BCUT2D eigenvalue weighted by Gasteiger charge is -2.34. The zero-order valence-electron chi connectivity index (χ0n) is 10.5. The van der Waals surface area contributed by atoms with Gasteiger partial charge in [0.1, 0.15) is 5.75 Å². The Kier molecular flexibility index (Phi) is 3.79. The van der Waals surface area contributed by atoms with Gasteiger partial charge in [-0.05, 0) is 32.0 Å². The van der Waals surface area contributed by atoms with Gasteiger partial charge in [-0.3, -0.25) is 9.69 Å². The molecule has 1 aromatic carbocycles. The molecule has 0 aliphatic heterocycles. The number of ketones is 1. The molecule has 0 amide bonds. The van der Waals surface area contributed by atoms with Gasteiger partial charge in [-0.25, -0.2) is 0 Å². The molecule has 3 nitrogen and oxygen atoms in total. The van der Waals surface area contributed by atoms with Crippen molar-refractivity contribution in [2.24, 2.45) is 0 Å². The van der Waals surface area contributed by atoms with Crippen molar-refractivity contribution >= 4 is 5.78 Å². The Labute approximate surface area is 102 Å². The van der Waals surface area contributed by atoms with E-state index in [1.165, 1.54) is 19.3 Å². The molecule has 0 radical (unpaired) electrons. The van der Waals surface area contributed by atoms with Gasteiger partial charge in [0.15, 0.2) is 5.78 Å². The second kappa shape index (κ2) is 5.32. The normalized spacial score (nSPS) is 15.7. The Bertz CT molecular complexity index is 399. The minimum Gasteiger partial charge on any atom is -0.497 e. The molecule has 1 aliphatic carbocycles. The molecular formula is C14H19NO2. The standard InChI is InChI=1S/C14H19NO2/c1-15(12-6-4-7-12)10-14(16)11-5-3-8-13(9-11)17-2/h3,5,8-9,12H,4,6-7,10H2,1-2H3. The molecule has 1 fully saturated rings. The quantitative estimate of drug-likeness (QED) is 0.731. The van der Waals surface area contributed by atoms with Crippen LogP contribution in [0.3, 0.4) is 0 Å². The maximum Gasteiger partial charge on any atom is 0.176 e. The maximum atomic E-state index is 12.1. The van der Waals surface area contributed by atoms with Gasteiger partial charge in [-0.1, -0.05) is 18.6 Å². The van der Waals surface area contributed by atoms with Crippen molar-refractivity contribution in [3.63, 3.8) is 0 Å². The van der Waals surface area contributed by atoms with E-state index >= 15 is 0 Å². The fourth-order valence-corrected chi connectivity index (χ4v) is 2.07. The summed E-state index contributed by atoms with van der Waals surface area (Å²) in [4.78, 5) is 14.2. The first kappa shape index (κ1) is 12.1. The largest absolute Gasteiger partial charge is 0.497 e. The summed E-state index contributed by atoms with van der Waals surface area (Å²) in [6.45, 7) is 0.498. The average molecular weight is 233 g/mol. The number of Topliss-reactive ketones (excluding diaryl/α,β-unsaturated/α-hetero) is 1. The van der Waals surface area contributed by atoms with Gasteiger partial charge in [0.25, 0.3) is 0 Å². The fourth-order valence-electron chi connectivity index (χ4n) is 2.07. The predicted molar refractivity (Wildman–Crippen MR) is 67.6 cm³/mol. The molecule has 92 valence electrons. The van der Waals surface area contributed by atoms with Gasteiger partial charge < -0.3 is 4.74 Å². The van der Waals surface area contributed by atoms with Gasteiger partial charge in [-0.15, -0.1) is 0 Å². The summed E-state index contributed by atoms with van der Waals surface area (Å²) in [5.41, 5.74) is 0.732. The summed E-state index contributed by atoms with van der Waals surface area (Å²) in [5, 5.41) is 0. The molecule has 0 aromatic heterocycles. The van der Waals surface area contributed by atoms with E-state index in [2.05, 4.69) is 4.90 Å². The number of hydrogen-bond acceptors (Lipinski definition) is 3. The van der Waals surface area contributed by atoms with Crippen molar-refractivity contribution in [3.05, 3.63) is 29.8 Å². The Morgan fingerprint density at radius 3 is 2.82 bits per heavy atom. The van der Waals surface area contributed by atoms with Crippen LogP contribution < -0.4 is 4.74 Å². The third-order valence-electron chi connectivity index (χ3n) is 3.48. The molecule has 0 spiro atoms. The van der Waals surface area contributed by atoms with E-state index in [-0.39, 0.29) is 5.78 Å². The SMILES string of the molecule is COc1cccc(C(=O)CN(C)C2CCC2)c1. The van der Waals surface area contributed by atoms with E-state index < -0.39 is 0 Å². The molecule has 0 bridgehead atoms. The molecule has 1 saturated carbocycles. The molecule has 0 heterocycles. The number of carbonyl (C=O) groups is 1. The van der Waals surface area contributed by atoms with Crippen LogP contribution in [0.25, 0.3) is 0 Å². The molecule has 0 atom stereocenters. The number of nitrogens with zero attached hydrogens (tertiary/aromatic N) is 1. The van der Waals surface area contributed by atoms with E-state index in [1.54, 1.807) is 13.2 Å². The van der Waals surface area contributed by atoms with Gasteiger partial charge in [0.05, 0.1) is 13.7 Å². The van der Waals surface area contributed by atoms with Crippen LogP contribution in [-0.2, 0) is 0 Å². The van der Waals surface area contributed by atoms with E-state index in [9.17, 15) is 4.79 Å².